The van der Waals surface area contributed by atoms with E-state index < -0.39 is 0 Å². The molecule has 1 aliphatic rings. The predicted molar refractivity (Wildman–Crippen MR) is 128 cm³/mol. The molecule has 0 fully saturated rings. The number of rotatable bonds is 10. The van der Waals surface area contributed by atoms with Gasteiger partial charge < -0.3 is 29.2 Å². The molecule has 2 N–H and O–H groups in total. The van der Waals surface area contributed by atoms with Crippen molar-refractivity contribution in [1.29, 1.82) is 0 Å². The van der Waals surface area contributed by atoms with Crippen LogP contribution in [0.5, 0.6) is 5.75 Å². The number of methoxy groups -OCH3 is 2. The minimum Gasteiger partial charge on any atom is -0.482 e. The molecule has 4 rings (SSSR count). The van der Waals surface area contributed by atoms with Gasteiger partial charge in [-0.2, -0.15) is 0 Å². The summed E-state index contributed by atoms with van der Waals surface area (Å²) in [6.45, 7) is 5.97. The first-order valence-electron chi connectivity index (χ1n) is 11.1. The number of nitrogens with zero attached hydrogens (tertiary/aromatic N) is 4. The van der Waals surface area contributed by atoms with Gasteiger partial charge in [0.15, 0.2) is 6.61 Å². The molecule has 33 heavy (non-hydrogen) atoms. The Hall–Kier alpha value is -3.14. The van der Waals surface area contributed by atoms with Crippen LogP contribution in [0.25, 0.3) is 16.9 Å². The van der Waals surface area contributed by atoms with Gasteiger partial charge in [0.2, 0.25) is 0 Å². The third kappa shape index (κ3) is 4.80. The van der Waals surface area contributed by atoms with Crippen LogP contribution in [0.4, 0.5) is 11.4 Å². The molecule has 0 unspecified atom stereocenters. The Morgan fingerprint density at radius 2 is 1.91 bits per heavy atom. The fourth-order valence-corrected chi connectivity index (χ4v) is 4.11. The molecule has 0 saturated heterocycles. The zero-order valence-electron chi connectivity index (χ0n) is 19.4. The van der Waals surface area contributed by atoms with Gasteiger partial charge in [0.25, 0.3) is 5.91 Å². The second-order valence-corrected chi connectivity index (χ2v) is 7.97. The minimum absolute atomic E-state index is 0.0459. The number of hydrogen-bond donors (Lipinski definition) is 1. The average molecular weight is 454 g/mol. The van der Waals surface area contributed by atoms with Crippen LogP contribution in [0.3, 0.4) is 0 Å². The van der Waals surface area contributed by atoms with Gasteiger partial charge >= 0.3 is 0 Å². The van der Waals surface area contributed by atoms with Crippen molar-refractivity contribution in [2.45, 2.75) is 13.5 Å². The van der Waals surface area contributed by atoms with Gasteiger partial charge in [0.1, 0.15) is 11.4 Å². The number of anilines is 2. The number of nitrogen functional groups attached to an aromatic ring is 1. The van der Waals surface area contributed by atoms with Crippen LogP contribution in [-0.2, 0) is 20.8 Å². The number of amides is 1. The number of carbonyl (C=O) groups excluding carboxylic acids is 1. The highest BCUT2D eigenvalue weighted by Gasteiger charge is 2.26. The topological polar surface area (TPSA) is 94.6 Å². The van der Waals surface area contributed by atoms with Gasteiger partial charge in [0, 0.05) is 57.8 Å². The maximum atomic E-state index is 12.4. The van der Waals surface area contributed by atoms with Gasteiger partial charge in [-0.15, -0.1) is 0 Å². The normalized spacial score (nSPS) is 13.6. The molecule has 0 spiro atoms. The third-order valence-corrected chi connectivity index (χ3v) is 5.83. The molecule has 1 aromatic carbocycles. The standard InChI is InChI=1S/C24H31N5O4/c1-4-28-19-13-17(5-7-21(19)33-16-23(28)30)24-20(15-27(9-11-31-2)10-12-32-3)29-14-18(25)6-8-22(29)26-24/h5-8,13-14H,4,9-12,15-16,25H2,1-3H3. The van der Waals surface area contributed by atoms with Crippen molar-refractivity contribution in [3.63, 3.8) is 0 Å². The summed E-state index contributed by atoms with van der Waals surface area (Å²) in [5, 5.41) is 0. The summed E-state index contributed by atoms with van der Waals surface area (Å²) in [4.78, 5) is 21.3. The van der Waals surface area contributed by atoms with Gasteiger partial charge in [-0.3, -0.25) is 9.69 Å². The molecule has 0 aliphatic carbocycles. The lowest BCUT2D eigenvalue weighted by molar-refractivity contribution is -0.121. The summed E-state index contributed by atoms with van der Waals surface area (Å²) >= 11 is 0. The molecule has 9 nitrogen and oxygen atoms in total. The van der Waals surface area contributed by atoms with Crippen LogP contribution < -0.4 is 15.4 Å². The number of imidazole rings is 1. The molecule has 176 valence electrons. The quantitative estimate of drug-likeness (QED) is 0.504. The lowest BCUT2D eigenvalue weighted by Gasteiger charge is -2.28. The van der Waals surface area contributed by atoms with E-state index in [4.69, 9.17) is 24.9 Å². The number of ether oxygens (including phenoxy) is 3. The lowest BCUT2D eigenvalue weighted by atomic mass is 10.1. The summed E-state index contributed by atoms with van der Waals surface area (Å²) < 4.78 is 18.3. The fraction of sp³-hybridized carbons (Fsp3) is 0.417. The SMILES string of the molecule is CCN1C(=O)COc2ccc(-c3nc4ccc(N)cn4c3CN(CCOC)CCOC)cc21. The lowest BCUT2D eigenvalue weighted by Crippen LogP contribution is -2.38. The second-order valence-electron chi connectivity index (χ2n) is 7.97. The fourth-order valence-electron chi connectivity index (χ4n) is 4.11. The van der Waals surface area contributed by atoms with Gasteiger partial charge in [-0.25, -0.2) is 4.98 Å². The summed E-state index contributed by atoms with van der Waals surface area (Å²) in [5.74, 6) is 0.659. The molecule has 1 amide bonds. The van der Waals surface area contributed by atoms with Crippen molar-refractivity contribution in [2.75, 3.05) is 64.3 Å². The number of hydrogen-bond acceptors (Lipinski definition) is 7. The van der Waals surface area contributed by atoms with E-state index in [0.29, 0.717) is 37.7 Å². The molecule has 3 aromatic rings. The Morgan fingerprint density at radius 3 is 2.61 bits per heavy atom. The van der Waals surface area contributed by atoms with Gasteiger partial charge in [0.05, 0.1) is 30.3 Å². The van der Waals surface area contributed by atoms with E-state index in [-0.39, 0.29) is 12.5 Å². The number of pyridine rings is 1. The highest BCUT2D eigenvalue weighted by molar-refractivity contribution is 5.98. The van der Waals surface area contributed by atoms with Crippen molar-refractivity contribution in [1.82, 2.24) is 14.3 Å². The van der Waals surface area contributed by atoms with E-state index in [1.807, 2.05) is 47.9 Å². The Morgan fingerprint density at radius 1 is 1.15 bits per heavy atom. The number of fused-ring (bicyclic) bond motifs is 2. The highest BCUT2D eigenvalue weighted by atomic mass is 16.5. The number of benzene rings is 1. The number of nitrogens with two attached hydrogens (primary N) is 1. The van der Waals surface area contributed by atoms with E-state index in [1.54, 1.807) is 19.1 Å². The van der Waals surface area contributed by atoms with Crippen LogP contribution in [0.1, 0.15) is 12.6 Å². The van der Waals surface area contributed by atoms with E-state index in [9.17, 15) is 4.79 Å². The minimum atomic E-state index is -0.0459. The van der Waals surface area contributed by atoms with Crippen molar-refractivity contribution in [2.24, 2.45) is 0 Å². The first-order chi connectivity index (χ1) is 16.0. The molecule has 0 bridgehead atoms. The van der Waals surface area contributed by atoms with Gasteiger partial charge in [-0.05, 0) is 37.3 Å². The predicted octanol–water partition coefficient (Wildman–Crippen LogP) is 2.42. The van der Waals surface area contributed by atoms with E-state index in [0.717, 1.165) is 41.4 Å². The van der Waals surface area contributed by atoms with Crippen LogP contribution >= 0.6 is 0 Å². The van der Waals surface area contributed by atoms with Crippen molar-refractivity contribution in [3.05, 3.63) is 42.2 Å². The molecular formula is C24H31N5O4. The highest BCUT2D eigenvalue weighted by Crippen LogP contribution is 2.37. The van der Waals surface area contributed by atoms with Crippen molar-refractivity contribution < 1.29 is 19.0 Å². The summed E-state index contributed by atoms with van der Waals surface area (Å²) in [7, 11) is 3.40. The zero-order valence-corrected chi connectivity index (χ0v) is 19.4. The largest absolute Gasteiger partial charge is 0.482 e. The zero-order chi connectivity index (χ0) is 23.4. The second kappa shape index (κ2) is 10.2. The third-order valence-electron chi connectivity index (χ3n) is 5.83. The first kappa shape index (κ1) is 23.0. The Bertz CT molecular complexity index is 1120. The van der Waals surface area contributed by atoms with Crippen LogP contribution in [0.15, 0.2) is 36.5 Å². The number of carbonyl (C=O) groups is 1. The maximum Gasteiger partial charge on any atom is 0.265 e. The molecule has 0 atom stereocenters. The summed E-state index contributed by atoms with van der Waals surface area (Å²) in [5.41, 5.74) is 11.1. The van der Waals surface area contributed by atoms with E-state index in [2.05, 4.69) is 4.90 Å². The van der Waals surface area contributed by atoms with Crippen LogP contribution in [-0.4, -0.2) is 73.9 Å². The van der Waals surface area contributed by atoms with Crippen LogP contribution in [0, 0.1) is 0 Å². The number of likely N-dealkylation sites (N-methyl/N-ethyl adjacent to an activating group) is 1. The smallest absolute Gasteiger partial charge is 0.265 e. The molecular weight excluding hydrogens is 422 g/mol. The summed E-state index contributed by atoms with van der Waals surface area (Å²) in [6, 6.07) is 9.66. The molecule has 2 aromatic heterocycles. The Kier molecular flexibility index (Phi) is 7.12. The Labute approximate surface area is 193 Å². The van der Waals surface area contributed by atoms with E-state index >= 15 is 0 Å². The monoisotopic (exact) mass is 453 g/mol. The number of aromatic nitrogens is 2. The maximum absolute atomic E-state index is 12.4. The molecule has 9 heteroatoms. The van der Waals surface area contributed by atoms with Crippen molar-refractivity contribution in [3.8, 4) is 17.0 Å². The Balaban J connectivity index is 1.79. The molecule has 0 radical (unpaired) electrons. The average Bonchev–Trinajstić information content (AvgIpc) is 3.17. The van der Waals surface area contributed by atoms with Crippen LogP contribution in [0.2, 0.25) is 0 Å². The first-order valence-corrected chi connectivity index (χ1v) is 11.1. The molecule has 1 aliphatic heterocycles. The molecule has 3 heterocycles. The van der Waals surface area contributed by atoms with Gasteiger partial charge in [-0.1, -0.05) is 0 Å². The summed E-state index contributed by atoms with van der Waals surface area (Å²) in [6.07, 6.45) is 1.90. The molecule has 0 saturated carbocycles. The van der Waals surface area contributed by atoms with E-state index in [1.165, 1.54) is 0 Å². The van der Waals surface area contributed by atoms with Crippen molar-refractivity contribution >= 4 is 22.9 Å².